The molecule has 10 heavy (non-hydrogen) atoms. The average molecular weight is 169 g/mol. The van der Waals surface area contributed by atoms with E-state index in [1.165, 1.54) is 27.8 Å². The van der Waals surface area contributed by atoms with E-state index >= 15 is 0 Å². The molecular formula is C5H14O4P+. The maximum atomic E-state index is 9.15. The Morgan fingerprint density at radius 3 is 1.50 bits per heavy atom. The predicted molar refractivity (Wildman–Crippen MR) is 39.7 cm³/mol. The average Bonchev–Trinajstić information content (AvgIpc) is 1.84. The molecule has 0 aliphatic carbocycles. The van der Waals surface area contributed by atoms with E-state index < -0.39 is 13.2 Å². The lowest BCUT2D eigenvalue weighted by Gasteiger charge is -2.26. The van der Waals surface area contributed by atoms with Crippen LogP contribution >= 0.6 is 7.72 Å². The summed E-state index contributed by atoms with van der Waals surface area (Å²) >= 11 is 0. The van der Waals surface area contributed by atoms with Gasteiger partial charge in [0, 0.05) is 21.1 Å². The Morgan fingerprint density at radius 2 is 1.50 bits per heavy atom. The topological polar surface area (TPSA) is 58.9 Å². The van der Waals surface area contributed by atoms with Gasteiger partial charge in [0.05, 0.1) is 0 Å². The highest BCUT2D eigenvalue weighted by molar-refractivity contribution is 7.65. The predicted octanol–water partition coefficient (Wildman–Crippen LogP) is 0.415. The Morgan fingerprint density at radius 1 is 1.20 bits per heavy atom. The summed E-state index contributed by atoms with van der Waals surface area (Å²) in [6, 6.07) is 0. The van der Waals surface area contributed by atoms with Gasteiger partial charge in [0.2, 0.25) is 0 Å². The largest absolute Gasteiger partial charge is 0.335 e. The van der Waals surface area contributed by atoms with Crippen LogP contribution in [0.1, 0.15) is 6.92 Å². The molecule has 0 heterocycles. The van der Waals surface area contributed by atoms with Crippen LogP contribution < -0.4 is 0 Å². The summed E-state index contributed by atoms with van der Waals surface area (Å²) < 4.78 is 9.56. The van der Waals surface area contributed by atoms with E-state index in [1.54, 1.807) is 0 Å². The Hall–Kier alpha value is 0.270. The summed E-state index contributed by atoms with van der Waals surface area (Å²) in [5.41, 5.74) is -1.26. The van der Waals surface area contributed by atoms with Crippen molar-refractivity contribution in [1.82, 2.24) is 0 Å². The minimum atomic E-state index is -3.08. The van der Waals surface area contributed by atoms with Crippen molar-refractivity contribution in [2.24, 2.45) is 0 Å². The second kappa shape index (κ2) is 3.11. The molecule has 0 aliphatic heterocycles. The monoisotopic (exact) mass is 169 g/mol. The standard InChI is InChI=1S/C5H14O4P/c1-5(8-2,9-3)10(4,6)7/h6-7H,1-4H3/q+1. The molecule has 0 saturated carbocycles. The third-order valence-electron chi connectivity index (χ3n) is 1.53. The summed E-state index contributed by atoms with van der Waals surface area (Å²) in [6.07, 6.45) is 0. The molecule has 0 atom stereocenters. The normalized spacial score (nSPS) is 13.8. The van der Waals surface area contributed by atoms with Crippen LogP contribution in [0.15, 0.2) is 0 Å². The maximum absolute atomic E-state index is 9.15. The van der Waals surface area contributed by atoms with E-state index in [1.807, 2.05) is 0 Å². The van der Waals surface area contributed by atoms with Crippen LogP contribution in [-0.2, 0) is 9.47 Å². The Bertz CT molecular complexity index is 105. The molecule has 0 spiro atoms. The van der Waals surface area contributed by atoms with Crippen LogP contribution in [0.4, 0.5) is 0 Å². The van der Waals surface area contributed by atoms with Crippen LogP contribution in [0.2, 0.25) is 0 Å². The molecule has 0 bridgehead atoms. The van der Waals surface area contributed by atoms with Crippen molar-refractivity contribution in [3.05, 3.63) is 0 Å². The lowest BCUT2D eigenvalue weighted by molar-refractivity contribution is -0.138. The van der Waals surface area contributed by atoms with Crippen LogP contribution in [0, 0.1) is 0 Å². The molecule has 0 unspecified atom stereocenters. The fourth-order valence-corrected chi connectivity index (χ4v) is 1.12. The lowest BCUT2D eigenvalue weighted by atomic mass is 10.7. The molecule has 0 aromatic rings. The van der Waals surface area contributed by atoms with Crippen molar-refractivity contribution in [3.63, 3.8) is 0 Å². The lowest BCUT2D eigenvalue weighted by Crippen LogP contribution is -2.32. The third-order valence-corrected chi connectivity index (χ3v) is 3.43. The van der Waals surface area contributed by atoms with Crippen molar-refractivity contribution in [2.75, 3.05) is 20.9 Å². The molecule has 0 rings (SSSR count). The highest BCUT2D eigenvalue weighted by Gasteiger charge is 2.52. The minimum absolute atomic E-state index is 1.26. The zero-order valence-electron chi connectivity index (χ0n) is 6.66. The Labute approximate surface area is 61.3 Å². The summed E-state index contributed by atoms with van der Waals surface area (Å²) in [4.78, 5) is 18.3. The zero-order chi connectivity index (χ0) is 8.41. The second-order valence-corrected chi connectivity index (χ2v) is 4.86. The summed E-state index contributed by atoms with van der Waals surface area (Å²) in [5, 5.41) is 0. The van der Waals surface area contributed by atoms with Gasteiger partial charge in [-0.3, -0.25) is 0 Å². The molecular weight excluding hydrogens is 155 g/mol. The Kier molecular flexibility index (Phi) is 3.20. The van der Waals surface area contributed by atoms with Gasteiger partial charge in [-0.1, -0.05) is 0 Å². The van der Waals surface area contributed by atoms with Gasteiger partial charge in [-0.25, -0.2) is 9.79 Å². The van der Waals surface area contributed by atoms with Gasteiger partial charge in [-0.15, -0.1) is 0 Å². The van der Waals surface area contributed by atoms with Crippen molar-refractivity contribution in [3.8, 4) is 0 Å². The first-order valence-corrected chi connectivity index (χ1v) is 4.94. The van der Waals surface area contributed by atoms with Gasteiger partial charge in [-0.2, -0.15) is 0 Å². The SMILES string of the molecule is COC(C)(OC)[P+](C)(O)O. The van der Waals surface area contributed by atoms with E-state index in [0.717, 1.165) is 0 Å². The van der Waals surface area contributed by atoms with Gasteiger partial charge in [0.1, 0.15) is 6.66 Å². The Balaban J connectivity index is 4.33. The molecule has 62 valence electrons. The quantitative estimate of drug-likeness (QED) is 0.474. The first-order chi connectivity index (χ1) is 4.37. The number of hydrogen-bond acceptors (Lipinski definition) is 4. The smallest absolute Gasteiger partial charge is 0.318 e. The van der Waals surface area contributed by atoms with Crippen molar-refractivity contribution < 1.29 is 19.3 Å². The van der Waals surface area contributed by atoms with Gasteiger partial charge in [0.15, 0.2) is 0 Å². The van der Waals surface area contributed by atoms with Crippen LogP contribution in [0.25, 0.3) is 0 Å². The highest BCUT2D eigenvalue weighted by Crippen LogP contribution is 2.59. The summed E-state index contributed by atoms with van der Waals surface area (Å²) in [6.45, 7) is 2.79. The first kappa shape index (κ1) is 10.3. The van der Waals surface area contributed by atoms with E-state index in [4.69, 9.17) is 19.3 Å². The molecule has 0 aromatic heterocycles. The number of methoxy groups -OCH3 is 2. The van der Waals surface area contributed by atoms with E-state index in [9.17, 15) is 0 Å². The molecule has 0 aromatic carbocycles. The molecule has 5 heteroatoms. The molecule has 0 amide bonds. The second-order valence-electron chi connectivity index (χ2n) is 2.22. The highest BCUT2D eigenvalue weighted by atomic mass is 31.2. The van der Waals surface area contributed by atoms with Crippen LogP contribution in [0.3, 0.4) is 0 Å². The zero-order valence-corrected chi connectivity index (χ0v) is 7.55. The van der Waals surface area contributed by atoms with Crippen molar-refractivity contribution in [1.29, 1.82) is 0 Å². The summed E-state index contributed by atoms with van der Waals surface area (Å²) in [5.74, 6) is 0. The van der Waals surface area contributed by atoms with Gasteiger partial charge < -0.3 is 9.47 Å². The van der Waals surface area contributed by atoms with Gasteiger partial charge in [-0.05, 0) is 0 Å². The summed E-state index contributed by atoms with van der Waals surface area (Å²) in [7, 11) is -0.344. The fraction of sp³-hybridized carbons (Fsp3) is 1.00. The number of hydrogen-bond donors (Lipinski definition) is 2. The van der Waals surface area contributed by atoms with Crippen molar-refractivity contribution in [2.45, 2.75) is 12.5 Å². The molecule has 0 fully saturated rings. The molecule has 0 aliphatic rings. The van der Waals surface area contributed by atoms with Crippen molar-refractivity contribution >= 4 is 7.72 Å². The minimum Gasteiger partial charge on any atom is -0.318 e. The molecule has 0 radical (unpaired) electrons. The van der Waals surface area contributed by atoms with E-state index in [-0.39, 0.29) is 0 Å². The van der Waals surface area contributed by atoms with E-state index in [0.29, 0.717) is 0 Å². The maximum Gasteiger partial charge on any atom is 0.335 e. The van der Waals surface area contributed by atoms with Gasteiger partial charge >= 0.3 is 13.2 Å². The van der Waals surface area contributed by atoms with Crippen LogP contribution in [-0.4, -0.2) is 36.2 Å². The van der Waals surface area contributed by atoms with E-state index in [2.05, 4.69) is 0 Å². The first-order valence-electron chi connectivity index (χ1n) is 2.80. The molecule has 4 nitrogen and oxygen atoms in total. The molecule has 0 saturated heterocycles. The number of rotatable bonds is 3. The fourth-order valence-electron chi connectivity index (χ4n) is 0.429. The molecule has 2 N–H and O–H groups in total. The van der Waals surface area contributed by atoms with Gasteiger partial charge in [0.25, 0.3) is 0 Å². The number of ether oxygens (including phenoxy) is 2. The van der Waals surface area contributed by atoms with Crippen LogP contribution in [0.5, 0.6) is 0 Å². The third kappa shape index (κ3) is 1.87.